The second-order valence-corrected chi connectivity index (χ2v) is 10.6. The van der Waals surface area contributed by atoms with Gasteiger partial charge in [0, 0.05) is 30.2 Å². The molecule has 6 rings (SSSR count). The van der Waals surface area contributed by atoms with Crippen LogP contribution >= 0.6 is 34.9 Å². The average Bonchev–Trinajstić information content (AvgIpc) is 3.64. The first-order chi connectivity index (χ1) is 17.7. The van der Waals surface area contributed by atoms with Gasteiger partial charge in [0.15, 0.2) is 5.11 Å². The van der Waals surface area contributed by atoms with Crippen LogP contribution in [0.2, 0.25) is 0 Å². The summed E-state index contributed by atoms with van der Waals surface area (Å²) in [4.78, 5) is 14.5. The molecule has 36 heavy (non-hydrogen) atoms. The lowest BCUT2D eigenvalue weighted by Gasteiger charge is -2.29. The molecule has 0 saturated carbocycles. The van der Waals surface area contributed by atoms with Gasteiger partial charge in [0.1, 0.15) is 11.4 Å². The van der Waals surface area contributed by atoms with E-state index in [1.54, 1.807) is 22.7 Å². The molecule has 1 aliphatic rings. The van der Waals surface area contributed by atoms with Crippen LogP contribution in [-0.4, -0.2) is 41.4 Å². The van der Waals surface area contributed by atoms with Crippen LogP contribution in [0, 0.1) is 0 Å². The first kappa shape index (κ1) is 23.1. The molecule has 5 aromatic rings. The third-order valence-electron chi connectivity index (χ3n) is 5.93. The minimum atomic E-state index is 0.523. The molecule has 0 aliphatic carbocycles. The van der Waals surface area contributed by atoms with Gasteiger partial charge in [0.2, 0.25) is 0 Å². The van der Waals surface area contributed by atoms with E-state index in [1.165, 1.54) is 5.69 Å². The molecular formula is C27H23N5OS3. The average molecular weight is 530 g/mol. The van der Waals surface area contributed by atoms with Crippen molar-refractivity contribution in [1.29, 1.82) is 0 Å². The summed E-state index contributed by atoms with van der Waals surface area (Å²) in [5, 5.41) is 11.2. The Hall–Kier alpha value is -3.37. The number of hydrogen-bond donors (Lipinski definition) is 2. The molecule has 4 heterocycles. The maximum absolute atomic E-state index is 5.58. The van der Waals surface area contributed by atoms with Gasteiger partial charge in [-0.05, 0) is 77.6 Å². The van der Waals surface area contributed by atoms with Gasteiger partial charge in [0.05, 0.1) is 34.0 Å². The van der Waals surface area contributed by atoms with Gasteiger partial charge in [-0.15, -0.1) is 22.7 Å². The summed E-state index contributed by atoms with van der Waals surface area (Å²) in [6, 6.07) is 22.5. The summed E-state index contributed by atoms with van der Waals surface area (Å²) >= 11 is 8.92. The fourth-order valence-corrected chi connectivity index (χ4v) is 5.84. The predicted molar refractivity (Wildman–Crippen MR) is 155 cm³/mol. The topological polar surface area (TPSA) is 62.3 Å². The lowest BCUT2D eigenvalue weighted by Crippen LogP contribution is -2.36. The number of rotatable bonds is 5. The minimum Gasteiger partial charge on any atom is -0.378 e. The molecule has 1 fully saturated rings. The lowest BCUT2D eigenvalue weighted by atomic mass is 10.2. The molecular weight excluding hydrogens is 507 g/mol. The molecule has 0 spiro atoms. The molecule has 1 aliphatic heterocycles. The van der Waals surface area contributed by atoms with Crippen molar-refractivity contribution in [3.05, 3.63) is 77.5 Å². The summed E-state index contributed by atoms with van der Waals surface area (Å²) < 4.78 is 5.44. The number of nitrogens with zero attached hydrogens (tertiary/aromatic N) is 3. The van der Waals surface area contributed by atoms with Crippen molar-refractivity contribution in [2.45, 2.75) is 0 Å². The lowest BCUT2D eigenvalue weighted by molar-refractivity contribution is 0.122. The first-order valence-corrected chi connectivity index (χ1v) is 13.8. The molecule has 0 unspecified atom stereocenters. The van der Waals surface area contributed by atoms with Gasteiger partial charge < -0.3 is 20.3 Å². The fourth-order valence-electron chi connectivity index (χ4n) is 4.17. The normalized spacial score (nSPS) is 13.6. The molecule has 2 aromatic carbocycles. The number of aromatic nitrogens is 2. The Morgan fingerprint density at radius 3 is 2.03 bits per heavy atom. The van der Waals surface area contributed by atoms with Gasteiger partial charge in [-0.3, -0.25) is 0 Å². The summed E-state index contributed by atoms with van der Waals surface area (Å²) in [5.41, 5.74) is 6.48. The van der Waals surface area contributed by atoms with Crippen LogP contribution in [0.4, 0.5) is 17.1 Å². The first-order valence-electron chi connectivity index (χ1n) is 11.6. The summed E-state index contributed by atoms with van der Waals surface area (Å²) in [5.74, 6) is 0. The molecule has 0 bridgehead atoms. The van der Waals surface area contributed by atoms with Crippen LogP contribution in [0.15, 0.2) is 77.5 Å². The van der Waals surface area contributed by atoms with Crippen LogP contribution in [0.1, 0.15) is 0 Å². The SMILES string of the molecule is S=C(Nc1ccc(N2CCOCC2)cc1)Nc1ccc2nc(-c3cccs3)c(-c3cccs3)nc2c1. The Morgan fingerprint density at radius 2 is 1.39 bits per heavy atom. The fraction of sp³-hybridized carbons (Fsp3) is 0.148. The maximum Gasteiger partial charge on any atom is 0.175 e. The van der Waals surface area contributed by atoms with Crippen molar-refractivity contribution < 1.29 is 4.74 Å². The van der Waals surface area contributed by atoms with E-state index in [2.05, 4.69) is 50.6 Å². The van der Waals surface area contributed by atoms with Crippen LogP contribution in [0.3, 0.4) is 0 Å². The molecule has 2 N–H and O–H groups in total. The highest BCUT2D eigenvalue weighted by atomic mass is 32.1. The zero-order valence-electron chi connectivity index (χ0n) is 19.3. The van der Waals surface area contributed by atoms with Crippen LogP contribution in [0.25, 0.3) is 32.2 Å². The molecule has 6 nitrogen and oxygen atoms in total. The monoisotopic (exact) mass is 529 g/mol. The van der Waals surface area contributed by atoms with E-state index in [4.69, 9.17) is 26.9 Å². The molecule has 0 radical (unpaired) electrons. The number of nitrogens with one attached hydrogen (secondary N) is 2. The summed E-state index contributed by atoms with van der Waals surface area (Å²) in [6.45, 7) is 3.38. The smallest absolute Gasteiger partial charge is 0.175 e. The van der Waals surface area contributed by atoms with Crippen molar-refractivity contribution in [2.75, 3.05) is 41.8 Å². The van der Waals surface area contributed by atoms with Gasteiger partial charge in [-0.2, -0.15) is 0 Å². The minimum absolute atomic E-state index is 0.523. The van der Waals surface area contributed by atoms with Crippen molar-refractivity contribution in [3.63, 3.8) is 0 Å². The van der Waals surface area contributed by atoms with Crippen molar-refractivity contribution in [3.8, 4) is 21.1 Å². The Labute approximate surface area is 222 Å². The zero-order chi connectivity index (χ0) is 24.3. The van der Waals surface area contributed by atoms with Gasteiger partial charge in [-0.25, -0.2) is 9.97 Å². The maximum atomic E-state index is 5.58. The molecule has 180 valence electrons. The van der Waals surface area contributed by atoms with E-state index < -0.39 is 0 Å². The van der Waals surface area contributed by atoms with E-state index in [9.17, 15) is 0 Å². The van der Waals surface area contributed by atoms with Crippen molar-refractivity contribution >= 4 is 68.1 Å². The Morgan fingerprint density at radius 1 is 0.778 bits per heavy atom. The van der Waals surface area contributed by atoms with Gasteiger partial charge in [0.25, 0.3) is 0 Å². The summed E-state index contributed by atoms with van der Waals surface area (Å²) in [7, 11) is 0. The number of thiophene rings is 2. The molecule has 0 atom stereocenters. The van der Waals surface area contributed by atoms with E-state index in [1.807, 2.05) is 42.5 Å². The third kappa shape index (κ3) is 4.96. The van der Waals surface area contributed by atoms with Crippen LogP contribution in [0.5, 0.6) is 0 Å². The number of ether oxygens (including phenoxy) is 1. The predicted octanol–water partition coefficient (Wildman–Crippen LogP) is 6.73. The Balaban J connectivity index is 1.21. The quantitative estimate of drug-likeness (QED) is 0.245. The number of thiocarbonyl (C=S) groups is 1. The highest BCUT2D eigenvalue weighted by molar-refractivity contribution is 7.80. The van der Waals surface area contributed by atoms with Crippen LogP contribution < -0.4 is 15.5 Å². The standard InChI is InChI=1S/C27H23N5OS3/c34-27(28-18-5-8-20(9-6-18)32-11-13-33-14-12-32)29-19-7-10-21-22(17-19)31-26(24-4-2-16-36-24)25(30-21)23-3-1-15-35-23/h1-10,15-17H,11-14H2,(H2,28,29,34). The molecule has 9 heteroatoms. The summed E-state index contributed by atoms with van der Waals surface area (Å²) in [6.07, 6.45) is 0. The van der Waals surface area contributed by atoms with Crippen molar-refractivity contribution in [1.82, 2.24) is 9.97 Å². The molecule has 0 amide bonds. The molecule has 1 saturated heterocycles. The Bertz CT molecular complexity index is 1480. The second kappa shape index (κ2) is 10.3. The Kier molecular flexibility index (Phi) is 6.61. The van der Waals surface area contributed by atoms with E-state index in [0.29, 0.717) is 5.11 Å². The third-order valence-corrected chi connectivity index (χ3v) is 7.89. The number of anilines is 3. The highest BCUT2D eigenvalue weighted by Gasteiger charge is 2.15. The largest absolute Gasteiger partial charge is 0.378 e. The van der Waals surface area contributed by atoms with Gasteiger partial charge in [-0.1, -0.05) is 12.1 Å². The highest BCUT2D eigenvalue weighted by Crippen LogP contribution is 2.35. The number of benzene rings is 2. The van der Waals surface area contributed by atoms with Crippen LogP contribution in [-0.2, 0) is 4.74 Å². The number of morpholine rings is 1. The van der Waals surface area contributed by atoms with E-state index in [0.717, 1.165) is 69.9 Å². The zero-order valence-corrected chi connectivity index (χ0v) is 21.8. The number of fused-ring (bicyclic) bond motifs is 1. The van der Waals surface area contributed by atoms with Gasteiger partial charge >= 0.3 is 0 Å². The van der Waals surface area contributed by atoms with E-state index >= 15 is 0 Å². The second-order valence-electron chi connectivity index (χ2n) is 8.30. The van der Waals surface area contributed by atoms with E-state index in [-0.39, 0.29) is 0 Å². The number of hydrogen-bond acceptors (Lipinski definition) is 7. The molecule has 3 aromatic heterocycles. The van der Waals surface area contributed by atoms with Crippen molar-refractivity contribution in [2.24, 2.45) is 0 Å².